The van der Waals surface area contributed by atoms with E-state index in [-0.39, 0.29) is 5.82 Å². The lowest BCUT2D eigenvalue weighted by Gasteiger charge is -2.19. The summed E-state index contributed by atoms with van der Waals surface area (Å²) in [5.41, 5.74) is 4.12. The Morgan fingerprint density at radius 2 is 1.82 bits per heavy atom. The number of pyridine rings is 1. The molecule has 28 heavy (non-hydrogen) atoms. The first-order chi connectivity index (χ1) is 13.6. The molecule has 1 aliphatic rings. The van der Waals surface area contributed by atoms with Crippen molar-refractivity contribution in [3.63, 3.8) is 0 Å². The Balaban J connectivity index is 1.63. The maximum atomic E-state index is 13.4. The highest BCUT2D eigenvalue weighted by Crippen LogP contribution is 2.23. The van der Waals surface area contributed by atoms with Crippen LogP contribution in [0.3, 0.4) is 0 Å². The molecule has 0 atom stereocenters. The van der Waals surface area contributed by atoms with Crippen LogP contribution in [0.15, 0.2) is 48.9 Å². The minimum absolute atomic E-state index is 0.255. The molecule has 0 aliphatic carbocycles. The van der Waals surface area contributed by atoms with Gasteiger partial charge in [-0.1, -0.05) is 0 Å². The van der Waals surface area contributed by atoms with Gasteiger partial charge in [0.2, 0.25) is 0 Å². The number of hydrogen-bond acceptors (Lipinski definition) is 5. The van der Waals surface area contributed by atoms with Crippen molar-refractivity contribution in [2.75, 3.05) is 0 Å². The minimum atomic E-state index is -0.255. The van der Waals surface area contributed by atoms with Gasteiger partial charge in [0.05, 0.1) is 23.6 Å². The Bertz CT molecular complexity index is 1110. The number of carbonyl (C=O) groups excluding carboxylic acids is 1. The summed E-state index contributed by atoms with van der Waals surface area (Å²) in [6, 6.07) is 8.27. The molecule has 2 aromatic heterocycles. The van der Waals surface area contributed by atoms with Gasteiger partial charge in [0, 0.05) is 18.0 Å². The lowest BCUT2D eigenvalue weighted by Crippen LogP contribution is -2.21. The van der Waals surface area contributed by atoms with Crippen LogP contribution in [0, 0.1) is 19.7 Å². The summed E-state index contributed by atoms with van der Waals surface area (Å²) >= 11 is 0. The molecule has 140 valence electrons. The molecule has 0 amide bonds. The molecule has 1 aromatic carbocycles. The fraction of sp³-hybridized carbons (Fsp3) is 0.100. The number of aryl methyl sites for hydroxylation is 2. The average Bonchev–Trinajstić information content (AvgIpc) is 3.10. The predicted molar refractivity (Wildman–Crippen MR) is 104 cm³/mol. The van der Waals surface area contributed by atoms with Gasteiger partial charge >= 0.3 is 5.88 Å². The van der Waals surface area contributed by atoms with Crippen molar-refractivity contribution in [2.45, 2.75) is 13.8 Å². The molecule has 0 bridgehead atoms. The molecule has 0 spiro atoms. The number of hydrogen-bond donors (Lipinski definition) is 2. The molecule has 0 saturated carbocycles. The first-order valence-electron chi connectivity index (χ1n) is 8.57. The second kappa shape index (κ2) is 7.07. The van der Waals surface area contributed by atoms with Gasteiger partial charge in [0.15, 0.2) is 5.82 Å². The number of benzene rings is 1. The quantitative estimate of drug-likeness (QED) is 0.684. The summed E-state index contributed by atoms with van der Waals surface area (Å²) < 4.78 is 20.1. The molecule has 4 rings (SSSR count). The topological polar surface area (TPSA) is 79.0 Å². The number of aromatic nitrogens is 4. The van der Waals surface area contributed by atoms with E-state index in [9.17, 15) is 4.39 Å². The van der Waals surface area contributed by atoms with Gasteiger partial charge in [-0.05, 0) is 43.7 Å². The summed E-state index contributed by atoms with van der Waals surface area (Å²) in [6.07, 6.45) is 5.29. The maximum Gasteiger partial charge on any atom is 0.451 e. The summed E-state index contributed by atoms with van der Waals surface area (Å²) in [6.45, 7) is 7.08. The second-order valence-electron chi connectivity index (χ2n) is 6.27. The number of nitrogens with zero attached hydrogens (tertiary/aromatic N) is 4. The Kier molecular flexibility index (Phi) is 4.44. The first kappa shape index (κ1) is 17.6. The Hall–Kier alpha value is -3.81. The van der Waals surface area contributed by atoms with Crippen LogP contribution in [-0.4, -0.2) is 26.5 Å². The SMILES string of the molecule is C=[O+]c1ccc(-n2c(C)nnc2C2=CNC(c3ccc(F)cc3C)=CN2)cn1. The largest absolute Gasteiger partial charge is 0.451 e. The molecule has 0 saturated heterocycles. The summed E-state index contributed by atoms with van der Waals surface area (Å²) in [4.78, 5) is 4.19. The lowest BCUT2D eigenvalue weighted by molar-refractivity contribution is -0.360. The van der Waals surface area contributed by atoms with E-state index in [1.54, 1.807) is 24.5 Å². The zero-order valence-corrected chi connectivity index (χ0v) is 15.4. The molecule has 0 unspecified atom stereocenters. The van der Waals surface area contributed by atoms with Crippen LogP contribution >= 0.6 is 0 Å². The van der Waals surface area contributed by atoms with Crippen molar-refractivity contribution >= 4 is 18.2 Å². The van der Waals surface area contributed by atoms with Gasteiger partial charge in [0.1, 0.15) is 17.3 Å². The monoisotopic (exact) mass is 377 g/mol. The van der Waals surface area contributed by atoms with E-state index in [2.05, 4.69) is 32.6 Å². The highest BCUT2D eigenvalue weighted by molar-refractivity contribution is 5.74. The van der Waals surface area contributed by atoms with E-state index < -0.39 is 0 Å². The molecule has 2 N–H and O–H groups in total. The van der Waals surface area contributed by atoms with E-state index in [1.165, 1.54) is 12.1 Å². The molecule has 3 aromatic rings. The van der Waals surface area contributed by atoms with Gasteiger partial charge in [-0.2, -0.15) is 4.98 Å². The number of halogens is 1. The molecule has 0 fully saturated rings. The molecule has 0 radical (unpaired) electrons. The zero-order chi connectivity index (χ0) is 19.7. The van der Waals surface area contributed by atoms with Crippen LogP contribution in [-0.2, 0) is 4.42 Å². The van der Waals surface area contributed by atoms with Crippen molar-refractivity contribution in [2.24, 2.45) is 0 Å². The predicted octanol–water partition coefficient (Wildman–Crippen LogP) is 2.99. The maximum absolute atomic E-state index is 13.4. The van der Waals surface area contributed by atoms with Gasteiger partial charge < -0.3 is 10.6 Å². The summed E-state index contributed by atoms with van der Waals surface area (Å²) in [5, 5.41) is 14.9. The van der Waals surface area contributed by atoms with E-state index in [0.29, 0.717) is 17.5 Å². The van der Waals surface area contributed by atoms with Crippen LogP contribution in [0.25, 0.3) is 17.1 Å². The van der Waals surface area contributed by atoms with Gasteiger partial charge in [0.25, 0.3) is 6.79 Å². The second-order valence-corrected chi connectivity index (χ2v) is 6.27. The third-order valence-corrected chi connectivity index (χ3v) is 4.42. The standard InChI is InChI=1S/C20H18FN6O/c1-12-8-14(21)4-6-16(12)17-10-23-18(11-22-17)20-26-25-13(2)27(20)15-5-7-19(28-3)24-9-15/h4-11,22-23H,3H2,1-2H3/q+1. The van der Waals surface area contributed by atoms with Crippen molar-refractivity contribution in [1.29, 1.82) is 0 Å². The van der Waals surface area contributed by atoms with E-state index in [4.69, 9.17) is 4.42 Å². The van der Waals surface area contributed by atoms with Gasteiger partial charge in [-0.3, -0.25) is 4.57 Å². The first-order valence-corrected chi connectivity index (χ1v) is 8.57. The van der Waals surface area contributed by atoms with Crippen molar-refractivity contribution in [1.82, 2.24) is 30.4 Å². The van der Waals surface area contributed by atoms with Gasteiger partial charge in [-0.15, -0.1) is 10.2 Å². The molecular weight excluding hydrogens is 359 g/mol. The highest BCUT2D eigenvalue weighted by atomic mass is 19.1. The molecule has 7 nitrogen and oxygen atoms in total. The summed E-state index contributed by atoms with van der Waals surface area (Å²) in [5.74, 6) is 1.51. The molecule has 3 heterocycles. The molecule has 1 aliphatic heterocycles. The Morgan fingerprint density at radius 3 is 2.46 bits per heavy atom. The number of nitrogens with one attached hydrogen (secondary N) is 2. The van der Waals surface area contributed by atoms with Crippen molar-refractivity contribution in [3.05, 3.63) is 77.5 Å². The van der Waals surface area contributed by atoms with Crippen molar-refractivity contribution < 1.29 is 8.82 Å². The smallest absolute Gasteiger partial charge is 0.358 e. The average molecular weight is 377 g/mol. The van der Waals surface area contributed by atoms with Crippen LogP contribution in [0.5, 0.6) is 5.88 Å². The van der Waals surface area contributed by atoms with Crippen LogP contribution in [0.1, 0.15) is 22.8 Å². The Labute approximate surface area is 161 Å². The van der Waals surface area contributed by atoms with Crippen LogP contribution in [0.2, 0.25) is 0 Å². The third-order valence-electron chi connectivity index (χ3n) is 4.42. The third kappa shape index (κ3) is 3.16. The molecule has 8 heteroatoms. The Morgan fingerprint density at radius 1 is 1.04 bits per heavy atom. The number of rotatable bonds is 4. The highest BCUT2D eigenvalue weighted by Gasteiger charge is 2.18. The normalized spacial score (nSPS) is 13.2. The molecular formula is C20H18FN6O+. The summed E-state index contributed by atoms with van der Waals surface area (Å²) in [7, 11) is 0. The zero-order valence-electron chi connectivity index (χ0n) is 15.4. The van der Waals surface area contributed by atoms with E-state index in [1.807, 2.05) is 30.7 Å². The lowest BCUT2D eigenvalue weighted by atomic mass is 10.1. The fourth-order valence-corrected chi connectivity index (χ4v) is 3.03. The van der Waals surface area contributed by atoms with Crippen molar-refractivity contribution in [3.8, 4) is 11.6 Å². The van der Waals surface area contributed by atoms with Gasteiger partial charge in [-0.25, -0.2) is 8.82 Å². The fourth-order valence-electron chi connectivity index (χ4n) is 3.03. The van der Waals surface area contributed by atoms with Crippen LogP contribution in [0.4, 0.5) is 4.39 Å². The van der Waals surface area contributed by atoms with E-state index >= 15 is 0 Å². The van der Waals surface area contributed by atoms with Crippen LogP contribution < -0.4 is 10.6 Å². The minimum Gasteiger partial charge on any atom is -0.358 e. The van der Waals surface area contributed by atoms with E-state index in [0.717, 1.165) is 28.2 Å².